The molecule has 1 aromatic carbocycles. The fourth-order valence-corrected chi connectivity index (χ4v) is 4.72. The first-order valence-corrected chi connectivity index (χ1v) is 11.0. The molecule has 2 aliphatic heterocycles. The summed E-state index contributed by atoms with van der Waals surface area (Å²) in [5, 5.41) is 0. The summed E-state index contributed by atoms with van der Waals surface area (Å²) in [6.45, 7) is 7.90. The summed E-state index contributed by atoms with van der Waals surface area (Å²) in [4.78, 5) is 24.5. The second-order valence-electron chi connectivity index (χ2n) is 8.18. The van der Waals surface area contributed by atoms with E-state index in [2.05, 4.69) is 50.9 Å². The van der Waals surface area contributed by atoms with E-state index < -0.39 is 0 Å². The first kappa shape index (κ1) is 19.9. The highest BCUT2D eigenvalue weighted by Crippen LogP contribution is 2.27. The number of nitrogens with zero attached hydrogens (tertiary/aromatic N) is 4. The molecule has 0 spiro atoms. The van der Waals surface area contributed by atoms with Crippen molar-refractivity contribution in [3.8, 4) is 0 Å². The van der Waals surface area contributed by atoms with Gasteiger partial charge in [-0.3, -0.25) is 14.7 Å². The highest BCUT2D eigenvalue weighted by molar-refractivity contribution is 6.00. The fraction of sp³-hybridized carbons (Fsp3) is 0.500. The molecule has 0 N–H and O–H groups in total. The van der Waals surface area contributed by atoms with Crippen molar-refractivity contribution >= 4 is 11.6 Å². The minimum atomic E-state index is 0.192. The average Bonchev–Trinajstić information content (AvgIpc) is 3.32. The maximum absolute atomic E-state index is 13.5. The minimum Gasteiger partial charge on any atom is -0.371 e. The number of hydrogen-bond acceptors (Lipinski definition) is 4. The first-order valence-electron chi connectivity index (χ1n) is 11.0. The largest absolute Gasteiger partial charge is 0.371 e. The van der Waals surface area contributed by atoms with Gasteiger partial charge in [-0.25, -0.2) is 0 Å². The number of hydrogen-bond donors (Lipinski definition) is 0. The number of carbonyl (C=O) groups excluding carboxylic acids is 1. The van der Waals surface area contributed by atoms with E-state index in [1.807, 2.05) is 24.5 Å². The van der Waals surface area contributed by atoms with Crippen molar-refractivity contribution in [1.29, 1.82) is 0 Å². The Labute approximate surface area is 174 Å². The van der Waals surface area contributed by atoms with Gasteiger partial charge in [0.15, 0.2) is 0 Å². The van der Waals surface area contributed by atoms with Gasteiger partial charge in [-0.15, -0.1) is 0 Å². The molecular formula is C24H32N4O. The highest BCUT2D eigenvalue weighted by Gasteiger charge is 2.29. The van der Waals surface area contributed by atoms with Gasteiger partial charge >= 0.3 is 0 Å². The summed E-state index contributed by atoms with van der Waals surface area (Å²) in [5.74, 6) is 0.192. The zero-order valence-electron chi connectivity index (χ0n) is 17.5. The molecule has 0 radical (unpaired) electrons. The Kier molecular flexibility index (Phi) is 6.45. The van der Waals surface area contributed by atoms with E-state index in [0.29, 0.717) is 6.04 Å². The van der Waals surface area contributed by atoms with Crippen molar-refractivity contribution in [3.05, 3.63) is 59.9 Å². The first-order chi connectivity index (χ1) is 14.3. The van der Waals surface area contributed by atoms with Crippen LogP contribution < -0.4 is 4.90 Å². The summed E-state index contributed by atoms with van der Waals surface area (Å²) in [6, 6.07) is 12.7. The smallest absolute Gasteiger partial charge is 0.256 e. The zero-order chi connectivity index (χ0) is 20.1. The van der Waals surface area contributed by atoms with E-state index in [4.69, 9.17) is 0 Å². The van der Waals surface area contributed by atoms with Crippen molar-refractivity contribution < 1.29 is 4.79 Å². The lowest BCUT2D eigenvalue weighted by molar-refractivity contribution is 0.0570. The van der Waals surface area contributed by atoms with Crippen LogP contribution in [-0.2, 0) is 6.54 Å². The number of piperidine rings is 1. The van der Waals surface area contributed by atoms with E-state index in [9.17, 15) is 4.79 Å². The second-order valence-corrected chi connectivity index (χ2v) is 8.18. The van der Waals surface area contributed by atoms with E-state index in [1.165, 1.54) is 18.4 Å². The van der Waals surface area contributed by atoms with Crippen molar-refractivity contribution in [3.63, 3.8) is 0 Å². The van der Waals surface area contributed by atoms with Crippen LogP contribution in [0.4, 0.5) is 5.69 Å². The molecule has 29 heavy (non-hydrogen) atoms. The number of rotatable bonds is 6. The third-order valence-electron chi connectivity index (χ3n) is 6.32. The Morgan fingerprint density at radius 3 is 2.59 bits per heavy atom. The van der Waals surface area contributed by atoms with Crippen LogP contribution in [0.3, 0.4) is 0 Å². The number of amides is 1. The standard InChI is InChI=1S/C24H32N4O/c1-2-26(18-20-11-13-25-14-12-20)21-8-7-17-28(19-21)24(29)22-9-3-4-10-23(22)27-15-5-6-16-27/h3-4,9-14,21H,2,5-8,15-19H2,1H3. The van der Waals surface area contributed by atoms with Crippen molar-refractivity contribution in [2.24, 2.45) is 0 Å². The van der Waals surface area contributed by atoms with Gasteiger partial charge in [-0.05, 0) is 62.1 Å². The van der Waals surface area contributed by atoms with Gasteiger partial charge in [0.2, 0.25) is 0 Å². The molecule has 0 aliphatic carbocycles. The number of aromatic nitrogens is 1. The Bertz CT molecular complexity index is 804. The van der Waals surface area contributed by atoms with E-state index >= 15 is 0 Å². The Morgan fingerprint density at radius 2 is 1.83 bits per heavy atom. The van der Waals surface area contributed by atoms with Gasteiger partial charge in [0.05, 0.1) is 5.56 Å². The van der Waals surface area contributed by atoms with Gasteiger partial charge in [0.1, 0.15) is 0 Å². The quantitative estimate of drug-likeness (QED) is 0.749. The lowest BCUT2D eigenvalue weighted by Gasteiger charge is -2.39. The van der Waals surface area contributed by atoms with Gasteiger partial charge < -0.3 is 9.80 Å². The van der Waals surface area contributed by atoms with Crippen LogP contribution >= 0.6 is 0 Å². The van der Waals surface area contributed by atoms with Crippen LogP contribution in [0, 0.1) is 0 Å². The zero-order valence-corrected chi connectivity index (χ0v) is 17.5. The second kappa shape index (κ2) is 9.40. The topological polar surface area (TPSA) is 39.7 Å². The summed E-state index contributed by atoms with van der Waals surface area (Å²) in [7, 11) is 0. The van der Waals surface area contributed by atoms with E-state index in [-0.39, 0.29) is 5.91 Å². The van der Waals surface area contributed by atoms with Gasteiger partial charge in [0, 0.05) is 56.8 Å². The Morgan fingerprint density at radius 1 is 1.07 bits per heavy atom. The maximum Gasteiger partial charge on any atom is 0.256 e. The van der Waals surface area contributed by atoms with Crippen LogP contribution in [-0.4, -0.2) is 59.5 Å². The number of para-hydroxylation sites is 1. The highest BCUT2D eigenvalue weighted by atomic mass is 16.2. The van der Waals surface area contributed by atoms with Gasteiger partial charge in [-0.1, -0.05) is 19.1 Å². The minimum absolute atomic E-state index is 0.192. The fourth-order valence-electron chi connectivity index (χ4n) is 4.72. The van der Waals surface area contributed by atoms with Crippen LogP contribution in [0.1, 0.15) is 48.5 Å². The van der Waals surface area contributed by atoms with Crippen molar-refractivity contribution in [1.82, 2.24) is 14.8 Å². The molecule has 1 amide bonds. The molecule has 2 fully saturated rings. The third kappa shape index (κ3) is 4.61. The Hall–Kier alpha value is -2.40. The monoisotopic (exact) mass is 392 g/mol. The molecule has 2 aliphatic rings. The molecule has 5 nitrogen and oxygen atoms in total. The predicted molar refractivity (Wildman–Crippen MR) is 117 cm³/mol. The van der Waals surface area contributed by atoms with E-state index in [1.54, 1.807) is 0 Å². The van der Waals surface area contributed by atoms with Crippen LogP contribution in [0.25, 0.3) is 0 Å². The number of carbonyl (C=O) groups is 1. The lowest BCUT2D eigenvalue weighted by atomic mass is 10.0. The molecule has 154 valence electrons. The third-order valence-corrected chi connectivity index (χ3v) is 6.32. The molecule has 3 heterocycles. The number of benzene rings is 1. The van der Waals surface area contributed by atoms with Crippen LogP contribution in [0.2, 0.25) is 0 Å². The van der Waals surface area contributed by atoms with Crippen LogP contribution in [0.15, 0.2) is 48.8 Å². The maximum atomic E-state index is 13.5. The molecule has 2 saturated heterocycles. The number of anilines is 1. The normalized spacial score (nSPS) is 19.7. The van der Waals surface area contributed by atoms with Crippen LogP contribution in [0.5, 0.6) is 0 Å². The molecule has 1 atom stereocenters. The van der Waals surface area contributed by atoms with Gasteiger partial charge in [-0.2, -0.15) is 0 Å². The molecule has 2 aromatic rings. The molecule has 0 bridgehead atoms. The molecule has 1 aromatic heterocycles. The molecule has 5 heteroatoms. The molecular weight excluding hydrogens is 360 g/mol. The summed E-state index contributed by atoms with van der Waals surface area (Å²) in [5.41, 5.74) is 3.26. The predicted octanol–water partition coefficient (Wildman–Crippen LogP) is 3.81. The lowest BCUT2D eigenvalue weighted by Crippen LogP contribution is -2.49. The summed E-state index contributed by atoms with van der Waals surface area (Å²) >= 11 is 0. The number of pyridine rings is 1. The van der Waals surface area contributed by atoms with Gasteiger partial charge in [0.25, 0.3) is 5.91 Å². The molecule has 0 saturated carbocycles. The summed E-state index contributed by atoms with van der Waals surface area (Å²) in [6.07, 6.45) is 8.36. The number of likely N-dealkylation sites (tertiary alicyclic amines) is 1. The number of likely N-dealkylation sites (N-methyl/N-ethyl adjacent to an activating group) is 1. The van der Waals surface area contributed by atoms with E-state index in [0.717, 1.165) is 63.4 Å². The van der Waals surface area contributed by atoms with Crippen molar-refractivity contribution in [2.45, 2.75) is 45.2 Å². The SMILES string of the molecule is CCN(Cc1ccncc1)C1CCCN(C(=O)c2ccccc2N2CCCC2)C1. The average molecular weight is 393 g/mol. The summed E-state index contributed by atoms with van der Waals surface area (Å²) < 4.78 is 0. The van der Waals surface area contributed by atoms with Crippen molar-refractivity contribution in [2.75, 3.05) is 37.6 Å². The molecule has 1 unspecified atom stereocenters. The Balaban J connectivity index is 1.47. The molecule has 4 rings (SSSR count).